The molecule has 1 amide bonds. The van der Waals surface area contributed by atoms with Gasteiger partial charge in [-0.15, -0.1) is 0 Å². The summed E-state index contributed by atoms with van der Waals surface area (Å²) in [5.74, 6) is 0. The Hall–Kier alpha value is -2.04. The zero-order valence-corrected chi connectivity index (χ0v) is 12.9. The molecule has 0 fully saturated rings. The summed E-state index contributed by atoms with van der Waals surface area (Å²) in [5, 5.41) is 9.77. The Kier molecular flexibility index (Phi) is 6.25. The van der Waals surface area contributed by atoms with E-state index in [-0.39, 0.29) is 19.8 Å². The third kappa shape index (κ3) is 5.06. The number of amides is 1. The van der Waals surface area contributed by atoms with Crippen LogP contribution in [0.5, 0.6) is 0 Å². The van der Waals surface area contributed by atoms with Crippen LogP contribution in [0.15, 0.2) is 54.6 Å². The van der Waals surface area contributed by atoms with E-state index in [9.17, 15) is 4.79 Å². The molecule has 5 heteroatoms. The predicted octanol–water partition coefficient (Wildman–Crippen LogP) is 3.47. The highest BCUT2D eigenvalue weighted by atomic mass is 35.5. The zero-order chi connectivity index (χ0) is 15.8. The largest absolute Gasteiger partial charge is 0.445 e. The van der Waals surface area contributed by atoms with Crippen molar-refractivity contribution in [1.82, 2.24) is 4.90 Å². The lowest BCUT2D eigenvalue weighted by Crippen LogP contribution is -2.33. The van der Waals surface area contributed by atoms with E-state index in [1.54, 1.807) is 12.1 Å². The second kappa shape index (κ2) is 8.41. The molecule has 0 aliphatic heterocycles. The van der Waals surface area contributed by atoms with Crippen molar-refractivity contribution in [1.29, 1.82) is 0 Å². The minimum atomic E-state index is -0.451. The normalized spacial score (nSPS) is 10.3. The van der Waals surface area contributed by atoms with Crippen LogP contribution in [0.1, 0.15) is 11.1 Å². The van der Waals surface area contributed by atoms with Gasteiger partial charge in [0.2, 0.25) is 0 Å². The van der Waals surface area contributed by atoms with E-state index in [0.717, 1.165) is 11.1 Å². The van der Waals surface area contributed by atoms with Gasteiger partial charge in [0.05, 0.1) is 6.61 Å². The van der Waals surface area contributed by atoms with Gasteiger partial charge in [0, 0.05) is 18.1 Å². The molecule has 0 heterocycles. The predicted molar refractivity (Wildman–Crippen MR) is 85.6 cm³/mol. The Labute approximate surface area is 134 Å². The Morgan fingerprint density at radius 3 is 2.36 bits per heavy atom. The van der Waals surface area contributed by atoms with Gasteiger partial charge >= 0.3 is 6.09 Å². The lowest BCUT2D eigenvalue weighted by atomic mass is 10.2. The number of nitrogens with zero attached hydrogens (tertiary/aromatic N) is 1. The summed E-state index contributed by atoms with van der Waals surface area (Å²) in [6.07, 6.45) is -0.451. The van der Waals surface area contributed by atoms with Crippen molar-refractivity contribution < 1.29 is 14.6 Å². The van der Waals surface area contributed by atoms with E-state index in [4.69, 9.17) is 21.4 Å². The summed E-state index contributed by atoms with van der Waals surface area (Å²) >= 11 is 5.84. The van der Waals surface area contributed by atoms with Crippen molar-refractivity contribution in [2.24, 2.45) is 0 Å². The van der Waals surface area contributed by atoms with Crippen molar-refractivity contribution in [3.8, 4) is 0 Å². The van der Waals surface area contributed by atoms with E-state index in [0.29, 0.717) is 11.6 Å². The first-order valence-corrected chi connectivity index (χ1v) is 7.38. The molecule has 0 aliphatic rings. The molecular formula is C17H18ClNO3. The van der Waals surface area contributed by atoms with Crippen molar-refractivity contribution in [3.05, 3.63) is 70.7 Å². The van der Waals surface area contributed by atoms with Gasteiger partial charge in [0.1, 0.15) is 6.61 Å². The van der Waals surface area contributed by atoms with Crippen LogP contribution in [-0.4, -0.2) is 29.3 Å². The highest BCUT2D eigenvalue weighted by Crippen LogP contribution is 2.12. The molecule has 22 heavy (non-hydrogen) atoms. The topological polar surface area (TPSA) is 49.8 Å². The molecule has 0 saturated heterocycles. The zero-order valence-electron chi connectivity index (χ0n) is 12.1. The van der Waals surface area contributed by atoms with Crippen molar-refractivity contribution in [3.63, 3.8) is 0 Å². The summed E-state index contributed by atoms with van der Waals surface area (Å²) < 4.78 is 5.29. The first kappa shape index (κ1) is 16.3. The van der Waals surface area contributed by atoms with E-state index >= 15 is 0 Å². The first-order valence-electron chi connectivity index (χ1n) is 7.00. The molecular weight excluding hydrogens is 302 g/mol. The van der Waals surface area contributed by atoms with Crippen LogP contribution in [0.4, 0.5) is 4.79 Å². The Balaban J connectivity index is 1.94. The average molecular weight is 320 g/mol. The van der Waals surface area contributed by atoms with E-state index in [2.05, 4.69) is 0 Å². The second-order valence-electron chi connectivity index (χ2n) is 4.81. The standard InChI is InChI=1S/C17H18ClNO3/c18-16-8-6-14(7-9-16)12-19(10-11-20)17(21)22-13-15-4-2-1-3-5-15/h1-9,20H,10-13H2. The fraction of sp³-hybridized carbons (Fsp3) is 0.235. The smallest absolute Gasteiger partial charge is 0.410 e. The number of hydrogen-bond donors (Lipinski definition) is 1. The molecule has 0 radical (unpaired) electrons. The molecule has 0 spiro atoms. The SMILES string of the molecule is O=C(OCc1ccccc1)N(CCO)Cc1ccc(Cl)cc1. The number of rotatable bonds is 6. The lowest BCUT2D eigenvalue weighted by Gasteiger charge is -2.21. The fourth-order valence-electron chi connectivity index (χ4n) is 1.98. The minimum absolute atomic E-state index is 0.117. The maximum absolute atomic E-state index is 12.1. The summed E-state index contributed by atoms with van der Waals surface area (Å²) in [4.78, 5) is 13.6. The summed E-state index contributed by atoms with van der Waals surface area (Å²) in [6, 6.07) is 16.7. The lowest BCUT2D eigenvalue weighted by molar-refractivity contribution is 0.0859. The summed E-state index contributed by atoms with van der Waals surface area (Å²) in [6.45, 7) is 0.678. The summed E-state index contributed by atoms with van der Waals surface area (Å²) in [7, 11) is 0. The maximum atomic E-state index is 12.1. The van der Waals surface area contributed by atoms with Gasteiger partial charge in [-0.3, -0.25) is 0 Å². The first-order chi connectivity index (χ1) is 10.7. The van der Waals surface area contributed by atoms with Gasteiger partial charge in [0.15, 0.2) is 0 Å². The number of carbonyl (C=O) groups excluding carboxylic acids is 1. The molecule has 0 atom stereocenters. The van der Waals surface area contributed by atoms with Crippen LogP contribution in [-0.2, 0) is 17.9 Å². The van der Waals surface area contributed by atoms with Crippen molar-refractivity contribution in [2.45, 2.75) is 13.2 Å². The number of hydrogen-bond acceptors (Lipinski definition) is 3. The molecule has 4 nitrogen and oxygen atoms in total. The Bertz CT molecular complexity index is 587. The quantitative estimate of drug-likeness (QED) is 0.887. The molecule has 116 valence electrons. The molecule has 0 bridgehead atoms. The highest BCUT2D eigenvalue weighted by molar-refractivity contribution is 6.30. The van der Waals surface area contributed by atoms with E-state index in [1.807, 2.05) is 42.5 Å². The Morgan fingerprint density at radius 2 is 1.73 bits per heavy atom. The molecule has 2 rings (SSSR count). The van der Waals surface area contributed by atoms with E-state index < -0.39 is 6.09 Å². The van der Waals surface area contributed by atoms with Gasteiger partial charge in [-0.25, -0.2) is 4.79 Å². The molecule has 2 aromatic rings. The maximum Gasteiger partial charge on any atom is 0.410 e. The van der Waals surface area contributed by atoms with Gasteiger partial charge in [-0.2, -0.15) is 0 Å². The fourth-order valence-corrected chi connectivity index (χ4v) is 2.10. The van der Waals surface area contributed by atoms with Crippen LogP contribution in [0.25, 0.3) is 0 Å². The molecule has 1 N–H and O–H groups in total. The van der Waals surface area contributed by atoms with Crippen LogP contribution in [0.3, 0.4) is 0 Å². The van der Waals surface area contributed by atoms with Gasteiger partial charge in [-0.1, -0.05) is 54.1 Å². The third-order valence-corrected chi connectivity index (χ3v) is 3.37. The van der Waals surface area contributed by atoms with Crippen LogP contribution >= 0.6 is 11.6 Å². The van der Waals surface area contributed by atoms with Crippen molar-refractivity contribution >= 4 is 17.7 Å². The van der Waals surface area contributed by atoms with Crippen molar-refractivity contribution in [2.75, 3.05) is 13.2 Å². The number of carbonyl (C=O) groups is 1. The molecule has 0 unspecified atom stereocenters. The monoisotopic (exact) mass is 319 g/mol. The van der Waals surface area contributed by atoms with Gasteiger partial charge in [0.25, 0.3) is 0 Å². The second-order valence-corrected chi connectivity index (χ2v) is 5.25. The number of halogens is 1. The Morgan fingerprint density at radius 1 is 1.05 bits per heavy atom. The number of benzene rings is 2. The average Bonchev–Trinajstić information content (AvgIpc) is 2.55. The molecule has 2 aromatic carbocycles. The highest BCUT2D eigenvalue weighted by Gasteiger charge is 2.15. The number of ether oxygens (including phenoxy) is 1. The molecule has 0 aromatic heterocycles. The third-order valence-electron chi connectivity index (χ3n) is 3.12. The van der Waals surface area contributed by atoms with Crippen LogP contribution in [0, 0.1) is 0 Å². The molecule has 0 saturated carbocycles. The number of aliphatic hydroxyl groups is 1. The van der Waals surface area contributed by atoms with Gasteiger partial charge < -0.3 is 14.7 Å². The number of aliphatic hydroxyl groups excluding tert-OH is 1. The van der Waals surface area contributed by atoms with Gasteiger partial charge in [-0.05, 0) is 23.3 Å². The van der Waals surface area contributed by atoms with Crippen LogP contribution in [0.2, 0.25) is 5.02 Å². The summed E-state index contributed by atoms with van der Waals surface area (Å²) in [5.41, 5.74) is 1.85. The minimum Gasteiger partial charge on any atom is -0.445 e. The van der Waals surface area contributed by atoms with E-state index in [1.165, 1.54) is 4.90 Å². The molecule has 0 aliphatic carbocycles. The van der Waals surface area contributed by atoms with Crippen LogP contribution < -0.4 is 0 Å².